The van der Waals surface area contributed by atoms with E-state index >= 15 is 0 Å². The number of aliphatic carboxylic acids is 1. The maximum atomic E-state index is 13.1. The third kappa shape index (κ3) is 4.02. The van der Waals surface area contributed by atoms with E-state index < -0.39 is 43.0 Å². The molecule has 1 aromatic carbocycles. The molecule has 28 heavy (non-hydrogen) atoms. The third-order valence-electron chi connectivity index (χ3n) is 4.98. The Bertz CT molecular complexity index is 890. The topological polar surface area (TPSA) is 75.4 Å². The number of alkyl halides is 3. The summed E-state index contributed by atoms with van der Waals surface area (Å²) in [6.07, 6.45) is -4.66. The van der Waals surface area contributed by atoms with Gasteiger partial charge in [-0.2, -0.15) is 18.3 Å². The lowest BCUT2D eigenvalue weighted by Crippen LogP contribution is -2.34. The van der Waals surface area contributed by atoms with Crippen LogP contribution in [0.2, 0.25) is 0 Å². The standard InChI is InChI=1S/C19H20F3N3O3/c1-11-7-12(2)25(23-11)8-13-3-5-14(6-4-13)17(26)24-9-15(18(27)28)16(10-24)19(20,21)22/h3-7,15-16H,8-10H2,1-2H3,(H,27,28)/t15-,16-/m1/s1. The first-order chi connectivity index (χ1) is 13.1. The molecule has 0 spiro atoms. The molecule has 1 fully saturated rings. The van der Waals surface area contributed by atoms with Crippen LogP contribution in [-0.4, -0.2) is 50.9 Å². The Kier molecular flexibility index (Phi) is 5.18. The van der Waals surface area contributed by atoms with Crippen LogP contribution < -0.4 is 0 Å². The van der Waals surface area contributed by atoms with Crippen molar-refractivity contribution in [2.45, 2.75) is 26.6 Å². The van der Waals surface area contributed by atoms with Crippen LogP contribution in [0.5, 0.6) is 0 Å². The molecule has 0 unspecified atom stereocenters. The number of nitrogens with zero attached hydrogens (tertiary/aromatic N) is 3. The number of likely N-dealkylation sites (tertiary alicyclic amines) is 1. The molecule has 1 aliphatic rings. The van der Waals surface area contributed by atoms with Crippen molar-refractivity contribution in [1.82, 2.24) is 14.7 Å². The van der Waals surface area contributed by atoms with Gasteiger partial charge in [0.15, 0.2) is 0 Å². The van der Waals surface area contributed by atoms with Crippen LogP contribution in [0.3, 0.4) is 0 Å². The summed E-state index contributed by atoms with van der Waals surface area (Å²) < 4.78 is 41.1. The van der Waals surface area contributed by atoms with Crippen LogP contribution in [-0.2, 0) is 11.3 Å². The monoisotopic (exact) mass is 395 g/mol. The molecular formula is C19H20F3N3O3. The molecule has 9 heteroatoms. The average molecular weight is 395 g/mol. The van der Waals surface area contributed by atoms with Crippen molar-refractivity contribution < 1.29 is 27.9 Å². The van der Waals surface area contributed by atoms with Crippen LogP contribution >= 0.6 is 0 Å². The molecule has 1 aliphatic heterocycles. The van der Waals surface area contributed by atoms with Crippen molar-refractivity contribution in [2.24, 2.45) is 11.8 Å². The van der Waals surface area contributed by atoms with Gasteiger partial charge in [-0.3, -0.25) is 14.3 Å². The van der Waals surface area contributed by atoms with Gasteiger partial charge in [0.25, 0.3) is 5.91 Å². The highest BCUT2D eigenvalue weighted by atomic mass is 19.4. The smallest absolute Gasteiger partial charge is 0.394 e. The highest BCUT2D eigenvalue weighted by Gasteiger charge is 2.53. The summed E-state index contributed by atoms with van der Waals surface area (Å²) in [6, 6.07) is 8.46. The lowest BCUT2D eigenvalue weighted by Gasteiger charge is -2.18. The van der Waals surface area contributed by atoms with Crippen molar-refractivity contribution in [2.75, 3.05) is 13.1 Å². The minimum atomic E-state index is -4.66. The Hall–Kier alpha value is -2.84. The highest BCUT2D eigenvalue weighted by molar-refractivity contribution is 5.95. The Morgan fingerprint density at radius 2 is 1.82 bits per heavy atom. The van der Waals surface area contributed by atoms with Gasteiger partial charge in [0.1, 0.15) is 0 Å². The molecule has 0 radical (unpaired) electrons. The number of aryl methyl sites for hydroxylation is 2. The molecule has 6 nitrogen and oxygen atoms in total. The van der Waals surface area contributed by atoms with Crippen molar-refractivity contribution in [3.8, 4) is 0 Å². The summed E-state index contributed by atoms with van der Waals surface area (Å²) in [4.78, 5) is 24.7. The number of hydrogen-bond donors (Lipinski definition) is 1. The van der Waals surface area contributed by atoms with Gasteiger partial charge in [-0.15, -0.1) is 0 Å². The zero-order valence-corrected chi connectivity index (χ0v) is 15.4. The summed E-state index contributed by atoms with van der Waals surface area (Å²) in [5.74, 6) is -5.85. The Labute approximate surface area is 159 Å². The first kappa shape index (κ1) is 19.9. The van der Waals surface area contributed by atoms with Crippen LogP contribution in [0.1, 0.15) is 27.3 Å². The van der Waals surface area contributed by atoms with E-state index in [4.69, 9.17) is 5.11 Å². The van der Waals surface area contributed by atoms with E-state index in [0.29, 0.717) is 6.54 Å². The number of aromatic nitrogens is 2. The third-order valence-corrected chi connectivity index (χ3v) is 4.98. The van der Waals surface area contributed by atoms with E-state index in [1.165, 1.54) is 0 Å². The molecule has 0 saturated carbocycles. The second-order valence-electron chi connectivity index (χ2n) is 7.08. The lowest BCUT2D eigenvalue weighted by atomic mass is 9.96. The fraction of sp³-hybridized carbons (Fsp3) is 0.421. The van der Waals surface area contributed by atoms with Gasteiger partial charge in [0, 0.05) is 24.3 Å². The number of carboxylic acid groups (broad SMARTS) is 1. The van der Waals surface area contributed by atoms with Gasteiger partial charge in [-0.25, -0.2) is 0 Å². The minimum absolute atomic E-state index is 0.226. The van der Waals surface area contributed by atoms with Gasteiger partial charge in [-0.05, 0) is 37.6 Å². The number of rotatable bonds is 4. The average Bonchev–Trinajstić information content (AvgIpc) is 3.19. The van der Waals surface area contributed by atoms with Crippen LogP contribution in [0, 0.1) is 25.7 Å². The zero-order valence-electron chi connectivity index (χ0n) is 15.4. The molecule has 0 bridgehead atoms. The molecule has 2 aromatic rings. The van der Waals surface area contributed by atoms with Crippen molar-refractivity contribution >= 4 is 11.9 Å². The molecule has 3 rings (SSSR count). The van der Waals surface area contributed by atoms with Gasteiger partial charge in [-0.1, -0.05) is 12.1 Å². The van der Waals surface area contributed by atoms with E-state index in [1.807, 2.05) is 24.6 Å². The minimum Gasteiger partial charge on any atom is -0.481 e. The molecular weight excluding hydrogens is 375 g/mol. The van der Waals surface area contributed by atoms with Gasteiger partial charge >= 0.3 is 12.1 Å². The molecule has 0 aliphatic carbocycles. The molecule has 1 saturated heterocycles. The summed E-state index contributed by atoms with van der Waals surface area (Å²) in [5.41, 5.74) is 3.00. The quantitative estimate of drug-likeness (QED) is 0.864. The van der Waals surface area contributed by atoms with Crippen molar-refractivity contribution in [3.05, 3.63) is 52.8 Å². The predicted octanol–water partition coefficient (Wildman–Crippen LogP) is 2.88. The summed E-state index contributed by atoms with van der Waals surface area (Å²) >= 11 is 0. The number of carbonyl (C=O) groups is 2. The maximum absolute atomic E-state index is 13.1. The summed E-state index contributed by atoms with van der Waals surface area (Å²) in [6.45, 7) is 3.23. The van der Waals surface area contributed by atoms with E-state index in [-0.39, 0.29) is 5.56 Å². The van der Waals surface area contributed by atoms with Gasteiger partial charge < -0.3 is 10.0 Å². The Morgan fingerprint density at radius 3 is 2.29 bits per heavy atom. The van der Waals surface area contributed by atoms with E-state index in [0.717, 1.165) is 21.9 Å². The van der Waals surface area contributed by atoms with Crippen molar-refractivity contribution in [1.29, 1.82) is 0 Å². The molecule has 1 aromatic heterocycles. The van der Waals surface area contributed by atoms with Crippen LogP contribution in [0.4, 0.5) is 13.2 Å². The van der Waals surface area contributed by atoms with Crippen LogP contribution in [0.15, 0.2) is 30.3 Å². The Balaban J connectivity index is 1.72. The largest absolute Gasteiger partial charge is 0.481 e. The van der Waals surface area contributed by atoms with E-state index in [2.05, 4.69) is 5.10 Å². The van der Waals surface area contributed by atoms with E-state index in [9.17, 15) is 22.8 Å². The zero-order chi connectivity index (χ0) is 20.6. The second kappa shape index (κ2) is 7.29. The molecule has 1 N–H and O–H groups in total. The number of benzene rings is 1. The highest BCUT2D eigenvalue weighted by Crippen LogP contribution is 2.38. The SMILES string of the molecule is Cc1cc(C)n(Cc2ccc(C(=O)N3C[C@@H](C(F)(F)F)[C@H](C(=O)O)C3)cc2)n1. The fourth-order valence-corrected chi connectivity index (χ4v) is 3.49. The number of amides is 1. The normalized spacial score (nSPS) is 19.8. The first-order valence-corrected chi connectivity index (χ1v) is 8.75. The number of carboxylic acids is 1. The summed E-state index contributed by atoms with van der Waals surface area (Å²) in [5, 5.41) is 13.4. The number of halogens is 3. The van der Waals surface area contributed by atoms with Crippen molar-refractivity contribution in [3.63, 3.8) is 0 Å². The molecule has 1 amide bonds. The fourth-order valence-electron chi connectivity index (χ4n) is 3.49. The van der Waals surface area contributed by atoms with Crippen LogP contribution in [0.25, 0.3) is 0 Å². The number of hydrogen-bond acceptors (Lipinski definition) is 3. The number of carbonyl (C=O) groups excluding carboxylic acids is 1. The molecule has 2 heterocycles. The molecule has 2 atom stereocenters. The predicted molar refractivity (Wildman–Crippen MR) is 93.8 cm³/mol. The van der Waals surface area contributed by atoms with Gasteiger partial charge in [0.05, 0.1) is 24.1 Å². The molecule has 150 valence electrons. The second-order valence-corrected chi connectivity index (χ2v) is 7.08. The first-order valence-electron chi connectivity index (χ1n) is 8.75. The van der Waals surface area contributed by atoms with E-state index in [1.54, 1.807) is 24.3 Å². The lowest BCUT2D eigenvalue weighted by molar-refractivity contribution is -0.187. The Morgan fingerprint density at radius 1 is 1.18 bits per heavy atom. The summed E-state index contributed by atoms with van der Waals surface area (Å²) in [7, 11) is 0. The van der Waals surface area contributed by atoms with Gasteiger partial charge in [0.2, 0.25) is 0 Å². The maximum Gasteiger partial charge on any atom is 0.394 e.